The highest BCUT2D eigenvalue weighted by molar-refractivity contribution is 7.22. The number of fused-ring (bicyclic) bond motifs is 4. The second kappa shape index (κ2) is 9.58. The average Bonchev–Trinajstić information content (AvgIpc) is 3.65. The number of nitrogens with one attached hydrogen (secondary N) is 1. The van der Waals surface area contributed by atoms with E-state index in [2.05, 4.69) is 34.7 Å². The second-order valence-corrected chi connectivity index (χ2v) is 10.1. The van der Waals surface area contributed by atoms with Gasteiger partial charge >= 0.3 is 0 Å². The molecule has 0 fully saturated rings. The number of amidine groups is 1. The molecule has 9 nitrogen and oxygen atoms in total. The van der Waals surface area contributed by atoms with E-state index in [9.17, 15) is 0 Å². The lowest BCUT2D eigenvalue weighted by atomic mass is 10.1. The Morgan fingerprint density at radius 2 is 1.55 bits per heavy atom. The number of benzene rings is 4. The molecule has 0 saturated heterocycles. The van der Waals surface area contributed by atoms with Crippen LogP contribution in [0.2, 0.25) is 0 Å². The first-order valence-electron chi connectivity index (χ1n) is 12.6. The quantitative estimate of drug-likeness (QED) is 0.266. The molecule has 0 atom stereocenters. The van der Waals surface area contributed by atoms with Crippen LogP contribution in [0.25, 0.3) is 31.9 Å². The third-order valence-corrected chi connectivity index (χ3v) is 7.81. The molecule has 0 aliphatic carbocycles. The van der Waals surface area contributed by atoms with Gasteiger partial charge in [-0.2, -0.15) is 0 Å². The molecular weight excluding hydrogens is 524 g/mol. The van der Waals surface area contributed by atoms with Gasteiger partial charge in [-0.05, 0) is 35.7 Å². The first-order valence-corrected chi connectivity index (χ1v) is 13.4. The number of thiazole rings is 1. The van der Waals surface area contributed by atoms with Crippen molar-refractivity contribution in [3.05, 3.63) is 90.6 Å². The zero-order valence-corrected chi connectivity index (χ0v) is 22.8. The Morgan fingerprint density at radius 1 is 0.775 bits per heavy atom. The Kier molecular flexibility index (Phi) is 5.75. The summed E-state index contributed by atoms with van der Waals surface area (Å²) in [6.45, 7) is 0. The number of para-hydroxylation sites is 1. The normalized spacial score (nSPS) is 13.1. The SMILES string of the molecule is COc1cc(C2=NN(c3cccc4cccnc34)N(c3nc4c(ccc5ccccc54)s3)N2)cc(OC)c1OC. The van der Waals surface area contributed by atoms with Crippen LogP contribution < -0.4 is 29.9 Å². The molecule has 0 bridgehead atoms. The lowest BCUT2D eigenvalue weighted by Gasteiger charge is -2.25. The summed E-state index contributed by atoms with van der Waals surface area (Å²) in [5, 5.41) is 12.6. The zero-order valence-electron chi connectivity index (χ0n) is 22.0. The number of aromatic nitrogens is 2. The largest absolute Gasteiger partial charge is 0.493 e. The van der Waals surface area contributed by atoms with Crippen molar-refractivity contribution in [1.29, 1.82) is 0 Å². The molecule has 4 aromatic carbocycles. The molecule has 198 valence electrons. The minimum atomic E-state index is 0.511. The van der Waals surface area contributed by atoms with Crippen LogP contribution in [0.3, 0.4) is 0 Å². The van der Waals surface area contributed by atoms with E-state index in [1.807, 2.05) is 59.7 Å². The molecule has 10 heteroatoms. The molecule has 0 amide bonds. The smallest absolute Gasteiger partial charge is 0.228 e. The molecule has 1 N–H and O–H groups in total. The van der Waals surface area contributed by atoms with Crippen molar-refractivity contribution in [3.8, 4) is 17.2 Å². The van der Waals surface area contributed by atoms with E-state index in [0.29, 0.717) is 23.1 Å². The van der Waals surface area contributed by atoms with E-state index in [1.54, 1.807) is 44.0 Å². The average molecular weight is 549 g/mol. The summed E-state index contributed by atoms with van der Waals surface area (Å²) in [5.41, 5.74) is 6.78. The van der Waals surface area contributed by atoms with E-state index >= 15 is 0 Å². The third kappa shape index (κ3) is 3.80. The number of hydrazine groups is 2. The number of methoxy groups -OCH3 is 3. The van der Waals surface area contributed by atoms with Crippen molar-refractivity contribution in [2.75, 3.05) is 31.6 Å². The minimum absolute atomic E-state index is 0.511. The minimum Gasteiger partial charge on any atom is -0.493 e. The monoisotopic (exact) mass is 548 g/mol. The van der Waals surface area contributed by atoms with Gasteiger partial charge in [-0.3, -0.25) is 10.4 Å². The first kappa shape index (κ1) is 24.0. The van der Waals surface area contributed by atoms with Crippen LogP contribution in [-0.2, 0) is 0 Å². The number of ether oxygens (including phenoxy) is 3. The summed E-state index contributed by atoms with van der Waals surface area (Å²) in [7, 11) is 4.77. The molecule has 0 unspecified atom stereocenters. The van der Waals surface area contributed by atoms with Gasteiger partial charge in [-0.25, -0.2) is 4.98 Å². The van der Waals surface area contributed by atoms with Gasteiger partial charge in [0.05, 0.1) is 37.1 Å². The predicted molar refractivity (Wildman–Crippen MR) is 160 cm³/mol. The van der Waals surface area contributed by atoms with Gasteiger partial charge in [0.15, 0.2) is 17.3 Å². The highest BCUT2D eigenvalue weighted by atomic mass is 32.1. The summed E-state index contributed by atoms with van der Waals surface area (Å²) in [5.74, 6) is 2.16. The van der Waals surface area contributed by atoms with E-state index in [1.165, 1.54) is 0 Å². The number of hydrazone groups is 1. The molecule has 3 heterocycles. The van der Waals surface area contributed by atoms with Crippen molar-refractivity contribution < 1.29 is 14.2 Å². The fourth-order valence-corrected chi connectivity index (χ4v) is 5.86. The second-order valence-electron chi connectivity index (χ2n) is 9.06. The molecule has 0 spiro atoms. The van der Waals surface area contributed by atoms with E-state index in [-0.39, 0.29) is 0 Å². The predicted octanol–water partition coefficient (Wildman–Crippen LogP) is 6.13. The Balaban J connectivity index is 1.41. The van der Waals surface area contributed by atoms with Gasteiger partial charge in [0.2, 0.25) is 10.9 Å². The van der Waals surface area contributed by atoms with Gasteiger partial charge in [-0.15, -0.1) is 15.3 Å². The zero-order chi connectivity index (χ0) is 27.2. The van der Waals surface area contributed by atoms with Gasteiger partial charge in [0.1, 0.15) is 5.69 Å². The lowest BCUT2D eigenvalue weighted by Crippen LogP contribution is -2.44. The summed E-state index contributed by atoms with van der Waals surface area (Å²) in [4.78, 5) is 9.75. The topological polar surface area (TPSA) is 84.3 Å². The molecule has 0 saturated carbocycles. The number of hydrogen-bond acceptors (Lipinski definition) is 10. The van der Waals surface area contributed by atoms with E-state index < -0.39 is 0 Å². The summed E-state index contributed by atoms with van der Waals surface area (Å²) in [6.07, 6.45) is 1.79. The molecule has 40 heavy (non-hydrogen) atoms. The van der Waals surface area contributed by atoms with Gasteiger partial charge < -0.3 is 14.2 Å². The molecule has 2 aromatic heterocycles. The molecule has 1 aliphatic heterocycles. The summed E-state index contributed by atoms with van der Waals surface area (Å²) < 4.78 is 17.8. The fourth-order valence-electron chi connectivity index (χ4n) is 4.93. The van der Waals surface area contributed by atoms with Crippen LogP contribution in [0.15, 0.2) is 90.2 Å². The number of anilines is 2. The molecule has 6 aromatic rings. The molecule has 1 aliphatic rings. The van der Waals surface area contributed by atoms with Crippen molar-refractivity contribution >= 4 is 59.9 Å². The maximum Gasteiger partial charge on any atom is 0.228 e. The lowest BCUT2D eigenvalue weighted by molar-refractivity contribution is 0.324. The third-order valence-electron chi connectivity index (χ3n) is 6.81. The highest BCUT2D eigenvalue weighted by Crippen LogP contribution is 2.40. The molecule has 0 radical (unpaired) electrons. The van der Waals surface area contributed by atoms with E-state index in [0.717, 1.165) is 48.3 Å². The number of pyridine rings is 1. The van der Waals surface area contributed by atoms with Crippen molar-refractivity contribution in [1.82, 2.24) is 15.4 Å². The fraction of sp³-hybridized carbons (Fsp3) is 0.100. The molecular formula is C30H24N6O3S. The Labute approximate surface area is 233 Å². The van der Waals surface area contributed by atoms with Crippen LogP contribution in [0, 0.1) is 0 Å². The Morgan fingerprint density at radius 3 is 2.35 bits per heavy atom. The van der Waals surface area contributed by atoms with Crippen LogP contribution in [0.5, 0.6) is 17.2 Å². The van der Waals surface area contributed by atoms with Crippen LogP contribution in [0.4, 0.5) is 10.8 Å². The van der Waals surface area contributed by atoms with E-state index in [4.69, 9.17) is 24.3 Å². The maximum absolute atomic E-state index is 5.61. The van der Waals surface area contributed by atoms with Gasteiger partial charge in [-0.1, -0.05) is 59.9 Å². The number of rotatable bonds is 6. The highest BCUT2D eigenvalue weighted by Gasteiger charge is 2.31. The summed E-state index contributed by atoms with van der Waals surface area (Å²) in [6, 6.07) is 26.2. The van der Waals surface area contributed by atoms with Crippen LogP contribution in [0.1, 0.15) is 5.56 Å². The van der Waals surface area contributed by atoms with Crippen LogP contribution >= 0.6 is 11.3 Å². The molecule has 7 rings (SSSR count). The van der Waals surface area contributed by atoms with Crippen LogP contribution in [-0.4, -0.2) is 37.1 Å². The van der Waals surface area contributed by atoms with Crippen molar-refractivity contribution in [2.45, 2.75) is 0 Å². The van der Waals surface area contributed by atoms with Gasteiger partial charge in [0.25, 0.3) is 0 Å². The maximum atomic E-state index is 5.61. The summed E-state index contributed by atoms with van der Waals surface area (Å²) >= 11 is 1.58. The van der Waals surface area contributed by atoms with Crippen molar-refractivity contribution in [2.24, 2.45) is 5.10 Å². The van der Waals surface area contributed by atoms with Crippen molar-refractivity contribution in [3.63, 3.8) is 0 Å². The first-order chi connectivity index (χ1) is 19.7. The number of nitrogens with zero attached hydrogens (tertiary/aromatic N) is 5. The number of hydrogen-bond donors (Lipinski definition) is 1. The Bertz CT molecular complexity index is 1910. The standard InChI is InChI=1S/C30H24N6O3S/c1-37-23-16-20(17-24(38-2)28(23)39-3)29-33-35(22-12-6-9-19-10-7-15-31-26(19)22)36(34-29)30-32-27-21-11-5-4-8-18(21)13-14-25(27)40-30/h4-17H,1-3H3,(H,33,34). The van der Waals surface area contributed by atoms with Gasteiger partial charge in [0, 0.05) is 22.5 Å². The Hall–Kier alpha value is -5.09.